The highest BCUT2D eigenvalue weighted by molar-refractivity contribution is 8.76. The average molecular weight is 564 g/mol. The van der Waals surface area contributed by atoms with Crippen LogP contribution in [0.2, 0.25) is 0 Å². The van der Waals surface area contributed by atoms with Crippen molar-refractivity contribution in [1.29, 1.82) is 0 Å². The minimum atomic E-state index is -1.24. The summed E-state index contributed by atoms with van der Waals surface area (Å²) in [5.41, 5.74) is -1.24. The van der Waals surface area contributed by atoms with Gasteiger partial charge in [0.25, 0.3) is 0 Å². The fourth-order valence-electron chi connectivity index (χ4n) is 4.66. The van der Waals surface area contributed by atoms with Gasteiger partial charge < -0.3 is 20.9 Å². The highest BCUT2D eigenvalue weighted by Gasteiger charge is 2.43. The Morgan fingerprint density at radius 2 is 1.89 bits per heavy atom. The summed E-state index contributed by atoms with van der Waals surface area (Å²) >= 11 is 0. The first-order valence-electron chi connectivity index (χ1n) is 13.6. The van der Waals surface area contributed by atoms with E-state index in [0.717, 1.165) is 30.0 Å². The predicted octanol–water partition coefficient (Wildman–Crippen LogP) is 3.30. The minimum Gasteiger partial charge on any atom is -0.343 e. The van der Waals surface area contributed by atoms with Gasteiger partial charge >= 0.3 is 0 Å². The van der Waals surface area contributed by atoms with Crippen molar-refractivity contribution in [2.24, 2.45) is 5.92 Å². The van der Waals surface area contributed by atoms with Gasteiger partial charge in [-0.15, -0.1) is 0 Å². The van der Waals surface area contributed by atoms with E-state index in [9.17, 15) is 19.2 Å². The van der Waals surface area contributed by atoms with E-state index in [2.05, 4.69) is 20.9 Å². The van der Waals surface area contributed by atoms with E-state index in [1.165, 1.54) is 0 Å². The first-order valence-corrected chi connectivity index (χ1v) is 15.9. The smallest absolute Gasteiger partial charge is 0.246 e. The van der Waals surface area contributed by atoms with Crippen molar-refractivity contribution in [3.05, 3.63) is 24.4 Å². The third-order valence-corrected chi connectivity index (χ3v) is 9.59. The molecule has 0 aliphatic carbocycles. The van der Waals surface area contributed by atoms with Crippen molar-refractivity contribution < 1.29 is 19.2 Å². The Hall–Kier alpha value is -2.27. The SMILES string of the molecule is CC[C@H](C)[C@@H]1NC(=O)C(C)(C)NC(=O)[C@H](CCCCCSSc2ccccn2)NC(=O)[C@H]2CCCN2C1=O. The summed E-state index contributed by atoms with van der Waals surface area (Å²) in [7, 11) is 3.39. The first-order chi connectivity index (χ1) is 18.1. The molecule has 11 heteroatoms. The highest BCUT2D eigenvalue weighted by atomic mass is 33.1. The zero-order valence-electron chi connectivity index (χ0n) is 22.8. The van der Waals surface area contributed by atoms with Crippen LogP contribution in [0.25, 0.3) is 0 Å². The van der Waals surface area contributed by atoms with Crippen molar-refractivity contribution in [3.63, 3.8) is 0 Å². The Balaban J connectivity index is 1.64. The van der Waals surface area contributed by atoms with Crippen LogP contribution >= 0.6 is 21.6 Å². The van der Waals surface area contributed by atoms with Crippen LogP contribution in [-0.4, -0.2) is 69.5 Å². The van der Waals surface area contributed by atoms with Crippen molar-refractivity contribution in [1.82, 2.24) is 25.8 Å². The number of hydrogen-bond donors (Lipinski definition) is 3. The lowest BCUT2D eigenvalue weighted by molar-refractivity contribution is -0.145. The van der Waals surface area contributed by atoms with Crippen LogP contribution in [-0.2, 0) is 19.2 Å². The molecule has 0 spiro atoms. The summed E-state index contributed by atoms with van der Waals surface area (Å²) in [6.07, 6.45) is 6.82. The molecule has 0 aromatic carbocycles. The van der Waals surface area contributed by atoms with Gasteiger partial charge in [0.15, 0.2) is 0 Å². The van der Waals surface area contributed by atoms with Gasteiger partial charge in [-0.05, 0) is 68.4 Å². The molecule has 1 aromatic rings. The number of rotatable bonds is 10. The second-order valence-corrected chi connectivity index (χ2v) is 13.1. The molecule has 2 fully saturated rings. The van der Waals surface area contributed by atoms with Crippen molar-refractivity contribution in [3.8, 4) is 0 Å². The fourth-order valence-corrected chi connectivity index (χ4v) is 6.69. The lowest BCUT2D eigenvalue weighted by Crippen LogP contribution is -2.65. The van der Waals surface area contributed by atoms with Gasteiger partial charge in [0.1, 0.15) is 28.7 Å². The standard InChI is InChI=1S/C27H41N5O4S2/c1-5-18(2)22-25(35)32-16-11-13-20(32)24(34)29-19(23(33)31-27(3,4)26(36)30-22)12-7-6-10-17-37-38-21-14-8-9-15-28-21/h8-9,14-15,18-20,22H,5-7,10-13,16-17H2,1-4H3,(H,29,34)(H,30,36)(H,31,33)/t18-,19-,20+,22-/m0/s1. The molecule has 0 saturated carbocycles. The third kappa shape index (κ3) is 8.11. The van der Waals surface area contributed by atoms with Crippen LogP contribution in [0.4, 0.5) is 0 Å². The summed E-state index contributed by atoms with van der Waals surface area (Å²) in [5, 5.41) is 9.60. The number of hydrogen-bond acceptors (Lipinski definition) is 7. The lowest BCUT2D eigenvalue weighted by Gasteiger charge is -2.36. The molecule has 3 heterocycles. The number of aromatic nitrogens is 1. The molecule has 0 bridgehead atoms. The van der Waals surface area contributed by atoms with E-state index in [4.69, 9.17) is 0 Å². The average Bonchev–Trinajstić information content (AvgIpc) is 3.39. The number of pyridine rings is 1. The van der Waals surface area contributed by atoms with E-state index >= 15 is 0 Å². The molecule has 210 valence electrons. The molecule has 9 nitrogen and oxygen atoms in total. The number of unbranched alkanes of at least 4 members (excludes halogenated alkanes) is 2. The van der Waals surface area contributed by atoms with Gasteiger partial charge in [0.2, 0.25) is 23.6 Å². The van der Waals surface area contributed by atoms with Gasteiger partial charge in [-0.2, -0.15) is 0 Å². The molecule has 2 aliphatic rings. The van der Waals surface area contributed by atoms with E-state index in [-0.39, 0.29) is 23.6 Å². The molecule has 0 radical (unpaired) electrons. The summed E-state index contributed by atoms with van der Waals surface area (Å²) in [6, 6.07) is 3.69. The minimum absolute atomic E-state index is 0.113. The Bertz CT molecular complexity index is 977. The molecule has 3 N–H and O–H groups in total. The van der Waals surface area contributed by atoms with Crippen LogP contribution in [0, 0.1) is 5.92 Å². The first kappa shape index (κ1) is 30.3. The van der Waals surface area contributed by atoms with Crippen LogP contribution in [0.15, 0.2) is 29.4 Å². The van der Waals surface area contributed by atoms with Gasteiger partial charge in [-0.3, -0.25) is 19.2 Å². The van der Waals surface area contributed by atoms with Gasteiger partial charge in [0, 0.05) is 18.5 Å². The largest absolute Gasteiger partial charge is 0.343 e. The maximum atomic E-state index is 13.5. The molecule has 3 rings (SSSR count). The van der Waals surface area contributed by atoms with Crippen LogP contribution in [0.1, 0.15) is 72.6 Å². The normalized spacial score (nSPS) is 24.9. The molecular weight excluding hydrogens is 522 g/mol. The predicted molar refractivity (Wildman–Crippen MR) is 151 cm³/mol. The summed E-state index contributed by atoms with van der Waals surface area (Å²) in [4.78, 5) is 59.2. The topological polar surface area (TPSA) is 120 Å². The van der Waals surface area contributed by atoms with E-state index in [1.807, 2.05) is 32.0 Å². The molecule has 4 amide bonds. The van der Waals surface area contributed by atoms with Gasteiger partial charge in [-0.25, -0.2) is 4.98 Å². The maximum Gasteiger partial charge on any atom is 0.246 e. The zero-order valence-corrected chi connectivity index (χ0v) is 24.5. The Labute approximate surface area is 233 Å². The summed E-state index contributed by atoms with van der Waals surface area (Å²) in [5.74, 6) is -0.479. The number of carbonyl (C=O) groups is 4. The number of fused-ring (bicyclic) bond motifs is 1. The molecule has 0 unspecified atom stereocenters. The quantitative estimate of drug-likeness (QED) is 0.295. The van der Waals surface area contributed by atoms with Crippen LogP contribution in [0.5, 0.6) is 0 Å². The third-order valence-electron chi connectivity index (χ3n) is 7.24. The van der Waals surface area contributed by atoms with Crippen molar-refractivity contribution in [2.45, 2.75) is 101 Å². The second-order valence-electron chi connectivity index (χ2n) is 10.6. The highest BCUT2D eigenvalue weighted by Crippen LogP contribution is 2.30. The number of amides is 4. The summed E-state index contributed by atoms with van der Waals surface area (Å²) < 4.78 is 0. The van der Waals surface area contributed by atoms with Crippen LogP contribution < -0.4 is 16.0 Å². The Morgan fingerprint density at radius 1 is 1.11 bits per heavy atom. The van der Waals surface area contributed by atoms with Crippen molar-refractivity contribution in [2.75, 3.05) is 12.3 Å². The lowest BCUT2D eigenvalue weighted by atomic mass is 9.94. The zero-order chi connectivity index (χ0) is 27.7. The Morgan fingerprint density at radius 3 is 2.61 bits per heavy atom. The number of nitrogens with zero attached hydrogens (tertiary/aromatic N) is 2. The van der Waals surface area contributed by atoms with Gasteiger partial charge in [-0.1, -0.05) is 50.0 Å². The monoisotopic (exact) mass is 563 g/mol. The van der Waals surface area contributed by atoms with Crippen molar-refractivity contribution >= 4 is 45.2 Å². The van der Waals surface area contributed by atoms with E-state index < -0.39 is 29.6 Å². The molecule has 4 atom stereocenters. The molecular formula is C27H41N5O4S2. The fraction of sp³-hybridized carbons (Fsp3) is 0.667. The van der Waals surface area contributed by atoms with E-state index in [0.29, 0.717) is 32.2 Å². The molecule has 2 aliphatic heterocycles. The summed E-state index contributed by atoms with van der Waals surface area (Å²) in [6.45, 7) is 7.59. The Kier molecular flexibility index (Phi) is 11.3. The molecule has 1 aromatic heterocycles. The van der Waals surface area contributed by atoms with Gasteiger partial charge in [0.05, 0.1) is 0 Å². The maximum absolute atomic E-state index is 13.5. The van der Waals surface area contributed by atoms with Crippen LogP contribution in [0.3, 0.4) is 0 Å². The van der Waals surface area contributed by atoms with E-state index in [1.54, 1.807) is 46.5 Å². The second kappa shape index (κ2) is 14.2. The number of nitrogens with one attached hydrogen (secondary N) is 3. The number of carbonyl (C=O) groups excluding carboxylic acids is 4. The molecule has 38 heavy (non-hydrogen) atoms. The molecule has 2 saturated heterocycles.